The molecule has 2 N–H and O–H groups in total. The van der Waals surface area contributed by atoms with Crippen LogP contribution in [0.25, 0.3) is 0 Å². The molecular formula is C13H10O6. The van der Waals surface area contributed by atoms with Crippen LogP contribution >= 0.6 is 0 Å². The molecule has 0 saturated carbocycles. The van der Waals surface area contributed by atoms with Gasteiger partial charge in [-0.05, 0) is 12.1 Å². The predicted octanol–water partition coefficient (Wildman–Crippen LogP) is 0.620. The maximum atomic E-state index is 10.9. The lowest BCUT2D eigenvalue weighted by Crippen LogP contribution is -2.36. The summed E-state index contributed by atoms with van der Waals surface area (Å²) in [4.78, 5) is 21.8. The first-order valence-electron chi connectivity index (χ1n) is 5.36. The summed E-state index contributed by atoms with van der Waals surface area (Å²) in [7, 11) is 0. The van der Waals surface area contributed by atoms with Gasteiger partial charge in [0.05, 0.1) is 0 Å². The zero-order valence-corrected chi connectivity index (χ0v) is 9.65. The van der Waals surface area contributed by atoms with Crippen molar-refractivity contribution >= 4 is 11.9 Å². The van der Waals surface area contributed by atoms with Gasteiger partial charge in [-0.25, -0.2) is 9.59 Å². The summed E-state index contributed by atoms with van der Waals surface area (Å²) in [6.45, 7) is 0. The second-order valence-corrected chi connectivity index (χ2v) is 3.89. The number of terminal acetylenes is 1. The van der Waals surface area contributed by atoms with Crippen LogP contribution in [-0.2, 0) is 19.1 Å². The molecule has 19 heavy (non-hydrogen) atoms. The number of carboxylic acid groups (broad SMARTS) is 2. The average molecular weight is 262 g/mol. The molecule has 1 aromatic carbocycles. The Morgan fingerprint density at radius 3 is 1.89 bits per heavy atom. The fourth-order valence-electron chi connectivity index (χ4n) is 1.71. The van der Waals surface area contributed by atoms with E-state index in [1.165, 1.54) is 0 Å². The number of ether oxygens (including phenoxy) is 2. The highest BCUT2D eigenvalue weighted by Gasteiger charge is 2.45. The van der Waals surface area contributed by atoms with Gasteiger partial charge in [0.1, 0.15) is 0 Å². The molecule has 2 rings (SSSR count). The van der Waals surface area contributed by atoms with Crippen LogP contribution in [0.3, 0.4) is 0 Å². The molecule has 1 aromatic rings. The summed E-state index contributed by atoms with van der Waals surface area (Å²) >= 11 is 0. The van der Waals surface area contributed by atoms with Crippen molar-refractivity contribution in [2.24, 2.45) is 0 Å². The quantitative estimate of drug-likeness (QED) is 0.776. The predicted molar refractivity (Wildman–Crippen MR) is 62.1 cm³/mol. The number of carboxylic acids is 2. The SMILES string of the molecule is C#Cc1ccc(C2OC(C(=O)O)C(C(=O)O)O2)cc1. The van der Waals surface area contributed by atoms with Crippen molar-refractivity contribution < 1.29 is 29.3 Å². The summed E-state index contributed by atoms with van der Waals surface area (Å²) in [5.74, 6) is -0.330. The fourth-order valence-corrected chi connectivity index (χ4v) is 1.71. The Balaban J connectivity index is 2.21. The minimum Gasteiger partial charge on any atom is -0.479 e. The molecule has 98 valence electrons. The number of carbonyl (C=O) groups is 2. The maximum Gasteiger partial charge on any atom is 0.336 e. The van der Waals surface area contributed by atoms with Gasteiger partial charge in [0.2, 0.25) is 0 Å². The Morgan fingerprint density at radius 1 is 1.05 bits per heavy atom. The Bertz CT molecular complexity index is 519. The third-order valence-corrected chi connectivity index (χ3v) is 2.65. The Labute approximate surface area is 108 Å². The van der Waals surface area contributed by atoms with Crippen molar-refractivity contribution in [1.82, 2.24) is 0 Å². The zero-order chi connectivity index (χ0) is 14.0. The largest absolute Gasteiger partial charge is 0.479 e. The first kappa shape index (κ1) is 13.1. The standard InChI is InChI=1S/C13H10O6/c1-2-7-3-5-8(6-4-7)13-18-9(11(14)15)10(19-13)12(16)17/h1,3-6,9-10,13H,(H,14,15)(H,16,17). The maximum absolute atomic E-state index is 10.9. The lowest BCUT2D eigenvalue weighted by molar-refractivity contribution is -0.156. The summed E-state index contributed by atoms with van der Waals surface area (Å²) < 4.78 is 10.2. The minimum atomic E-state index is -1.53. The molecule has 1 aliphatic heterocycles. The van der Waals surface area contributed by atoms with Crippen LogP contribution < -0.4 is 0 Å². The smallest absolute Gasteiger partial charge is 0.336 e. The Kier molecular flexibility index (Phi) is 3.51. The summed E-state index contributed by atoms with van der Waals surface area (Å²) in [5.41, 5.74) is 1.15. The van der Waals surface area contributed by atoms with Gasteiger partial charge in [0.15, 0.2) is 18.5 Å². The van der Waals surface area contributed by atoms with Gasteiger partial charge in [-0.1, -0.05) is 18.1 Å². The first-order valence-corrected chi connectivity index (χ1v) is 5.36. The van der Waals surface area contributed by atoms with Gasteiger partial charge < -0.3 is 19.7 Å². The monoisotopic (exact) mass is 262 g/mol. The van der Waals surface area contributed by atoms with Crippen molar-refractivity contribution in [2.75, 3.05) is 0 Å². The van der Waals surface area contributed by atoms with Crippen molar-refractivity contribution in [3.63, 3.8) is 0 Å². The van der Waals surface area contributed by atoms with Gasteiger partial charge in [0, 0.05) is 11.1 Å². The molecule has 2 unspecified atom stereocenters. The van der Waals surface area contributed by atoms with Crippen LogP contribution in [0.15, 0.2) is 24.3 Å². The van der Waals surface area contributed by atoms with E-state index in [9.17, 15) is 9.59 Å². The zero-order valence-electron chi connectivity index (χ0n) is 9.65. The number of rotatable bonds is 3. The number of hydrogen-bond donors (Lipinski definition) is 2. The lowest BCUT2D eigenvalue weighted by Gasteiger charge is -2.09. The molecule has 1 fully saturated rings. The highest BCUT2D eigenvalue weighted by atomic mass is 16.7. The summed E-state index contributed by atoms with van der Waals surface area (Å²) in [6, 6.07) is 6.46. The van der Waals surface area contributed by atoms with Crippen molar-refractivity contribution in [2.45, 2.75) is 18.5 Å². The molecule has 0 amide bonds. The molecule has 0 spiro atoms. The second kappa shape index (κ2) is 5.10. The van der Waals surface area contributed by atoms with Crippen LogP contribution in [0.2, 0.25) is 0 Å². The van der Waals surface area contributed by atoms with Gasteiger partial charge >= 0.3 is 11.9 Å². The molecule has 6 nitrogen and oxygen atoms in total. The first-order chi connectivity index (χ1) is 9.02. The van der Waals surface area contributed by atoms with Crippen molar-refractivity contribution in [3.8, 4) is 12.3 Å². The molecule has 2 atom stereocenters. The minimum absolute atomic E-state index is 0.508. The lowest BCUT2D eigenvalue weighted by atomic mass is 10.1. The number of aliphatic carboxylic acids is 2. The van der Waals surface area contributed by atoms with E-state index < -0.39 is 30.4 Å². The normalized spacial score (nSPS) is 25.7. The van der Waals surface area contributed by atoms with E-state index in [0.29, 0.717) is 11.1 Å². The van der Waals surface area contributed by atoms with E-state index in [1.807, 2.05) is 0 Å². The van der Waals surface area contributed by atoms with Crippen molar-refractivity contribution in [3.05, 3.63) is 35.4 Å². The van der Waals surface area contributed by atoms with E-state index in [1.54, 1.807) is 24.3 Å². The van der Waals surface area contributed by atoms with Crippen LogP contribution in [0.5, 0.6) is 0 Å². The molecule has 0 bridgehead atoms. The average Bonchev–Trinajstić information content (AvgIpc) is 2.84. The molecule has 6 heteroatoms. The fraction of sp³-hybridized carbons (Fsp3) is 0.231. The summed E-state index contributed by atoms with van der Waals surface area (Å²) in [6.07, 6.45) is 1.11. The van der Waals surface area contributed by atoms with E-state index in [-0.39, 0.29) is 0 Å². The molecule has 1 heterocycles. The van der Waals surface area contributed by atoms with Crippen LogP contribution in [0.4, 0.5) is 0 Å². The number of hydrogen-bond acceptors (Lipinski definition) is 4. The van der Waals surface area contributed by atoms with Gasteiger partial charge in [-0.3, -0.25) is 0 Å². The Hall–Kier alpha value is -2.36. The van der Waals surface area contributed by atoms with Crippen LogP contribution in [-0.4, -0.2) is 34.4 Å². The molecule has 0 radical (unpaired) electrons. The highest BCUT2D eigenvalue weighted by molar-refractivity contribution is 5.84. The molecule has 0 aromatic heterocycles. The van der Waals surface area contributed by atoms with Gasteiger partial charge in [-0.2, -0.15) is 0 Å². The number of benzene rings is 1. The third-order valence-electron chi connectivity index (χ3n) is 2.65. The third kappa shape index (κ3) is 2.57. The van der Waals surface area contributed by atoms with Crippen molar-refractivity contribution in [1.29, 1.82) is 0 Å². The van der Waals surface area contributed by atoms with Gasteiger partial charge in [-0.15, -0.1) is 6.42 Å². The second-order valence-electron chi connectivity index (χ2n) is 3.89. The van der Waals surface area contributed by atoms with Crippen LogP contribution in [0, 0.1) is 12.3 Å². The molecule has 1 aliphatic rings. The topological polar surface area (TPSA) is 93.1 Å². The molecular weight excluding hydrogens is 252 g/mol. The van der Waals surface area contributed by atoms with E-state index in [0.717, 1.165) is 0 Å². The van der Waals surface area contributed by atoms with E-state index in [4.69, 9.17) is 26.1 Å². The highest BCUT2D eigenvalue weighted by Crippen LogP contribution is 2.31. The molecule has 0 aliphatic carbocycles. The summed E-state index contributed by atoms with van der Waals surface area (Å²) in [5, 5.41) is 17.8. The van der Waals surface area contributed by atoms with Crippen LogP contribution in [0.1, 0.15) is 17.4 Å². The van der Waals surface area contributed by atoms with E-state index >= 15 is 0 Å². The van der Waals surface area contributed by atoms with E-state index in [2.05, 4.69) is 5.92 Å². The molecule has 1 saturated heterocycles. The Morgan fingerprint density at radius 2 is 1.53 bits per heavy atom. The van der Waals surface area contributed by atoms with Gasteiger partial charge in [0.25, 0.3) is 0 Å².